The molecule has 1 saturated heterocycles. The van der Waals surface area contributed by atoms with Crippen LogP contribution in [0.3, 0.4) is 0 Å². The van der Waals surface area contributed by atoms with E-state index < -0.39 is 0 Å². The second-order valence-corrected chi connectivity index (χ2v) is 6.54. The van der Waals surface area contributed by atoms with Gasteiger partial charge in [-0.05, 0) is 12.0 Å². The number of aromatic nitrogens is 1. The Morgan fingerprint density at radius 2 is 2.22 bits per heavy atom. The summed E-state index contributed by atoms with van der Waals surface area (Å²) in [6.45, 7) is 3.03. The van der Waals surface area contributed by atoms with Gasteiger partial charge in [0, 0.05) is 32.1 Å². The normalized spacial score (nSPS) is 18.2. The molecule has 0 bridgehead atoms. The molecule has 1 aromatic carbocycles. The summed E-state index contributed by atoms with van der Waals surface area (Å²) in [7, 11) is 1.61. The predicted octanol–water partition coefficient (Wildman–Crippen LogP) is 2.72. The summed E-state index contributed by atoms with van der Waals surface area (Å²) in [6.07, 6.45) is 0.812. The van der Waals surface area contributed by atoms with E-state index in [-0.39, 0.29) is 12.1 Å². The first-order chi connectivity index (χ1) is 11.2. The molecule has 23 heavy (non-hydrogen) atoms. The van der Waals surface area contributed by atoms with Gasteiger partial charge in [0.15, 0.2) is 5.69 Å². The highest BCUT2D eigenvalue weighted by molar-refractivity contribution is 7.09. The summed E-state index contributed by atoms with van der Waals surface area (Å²) in [6, 6.07) is 10.3. The van der Waals surface area contributed by atoms with E-state index in [1.807, 2.05) is 18.2 Å². The fourth-order valence-electron chi connectivity index (χ4n) is 2.68. The third kappa shape index (κ3) is 4.37. The van der Waals surface area contributed by atoms with Crippen molar-refractivity contribution in [3.63, 3.8) is 0 Å². The van der Waals surface area contributed by atoms with Gasteiger partial charge in [0.05, 0.1) is 6.61 Å². The van der Waals surface area contributed by atoms with Crippen molar-refractivity contribution in [1.82, 2.24) is 9.88 Å². The van der Waals surface area contributed by atoms with Crippen molar-refractivity contribution in [2.45, 2.75) is 25.7 Å². The smallest absolute Gasteiger partial charge is 0.358 e. The number of thiazole rings is 1. The number of esters is 1. The summed E-state index contributed by atoms with van der Waals surface area (Å²) in [5, 5.41) is 2.52. The minimum atomic E-state index is -0.338. The highest BCUT2D eigenvalue weighted by Gasteiger charge is 2.26. The van der Waals surface area contributed by atoms with Crippen molar-refractivity contribution >= 4 is 17.3 Å². The lowest BCUT2D eigenvalue weighted by Crippen LogP contribution is -2.25. The first-order valence-corrected chi connectivity index (χ1v) is 8.53. The molecular formula is C17H20N2O3S. The van der Waals surface area contributed by atoms with Gasteiger partial charge < -0.3 is 9.47 Å². The first-order valence-electron chi connectivity index (χ1n) is 7.65. The molecule has 2 heterocycles. The fourth-order valence-corrected chi connectivity index (χ4v) is 3.42. The van der Waals surface area contributed by atoms with Crippen LogP contribution in [0, 0.1) is 0 Å². The number of likely N-dealkylation sites (tertiary alicyclic amines) is 1. The maximum absolute atomic E-state index is 12.1. The Morgan fingerprint density at radius 1 is 1.39 bits per heavy atom. The lowest BCUT2D eigenvalue weighted by molar-refractivity contribution is 0.0314. The molecule has 1 fully saturated rings. The molecule has 0 aliphatic carbocycles. The molecule has 122 valence electrons. The van der Waals surface area contributed by atoms with Crippen LogP contribution in [-0.4, -0.2) is 42.2 Å². The second kappa shape index (κ2) is 7.68. The van der Waals surface area contributed by atoms with Crippen LogP contribution in [0.25, 0.3) is 0 Å². The molecule has 0 radical (unpaired) electrons. The third-order valence-corrected chi connectivity index (χ3v) is 4.60. The predicted molar refractivity (Wildman–Crippen MR) is 88.4 cm³/mol. The number of benzene rings is 1. The van der Waals surface area contributed by atoms with Gasteiger partial charge in [-0.1, -0.05) is 30.3 Å². The molecule has 0 spiro atoms. The van der Waals surface area contributed by atoms with Crippen molar-refractivity contribution in [2.24, 2.45) is 0 Å². The maximum Gasteiger partial charge on any atom is 0.358 e. The molecular weight excluding hydrogens is 312 g/mol. The first kappa shape index (κ1) is 16.1. The maximum atomic E-state index is 12.1. The number of carbonyl (C=O) groups is 1. The summed E-state index contributed by atoms with van der Waals surface area (Å²) in [4.78, 5) is 18.7. The Morgan fingerprint density at radius 3 is 3.00 bits per heavy atom. The van der Waals surface area contributed by atoms with Crippen LogP contribution in [-0.2, 0) is 22.6 Å². The van der Waals surface area contributed by atoms with Crippen LogP contribution >= 0.6 is 11.3 Å². The van der Waals surface area contributed by atoms with Crippen LogP contribution in [0.2, 0.25) is 0 Å². The third-order valence-electron chi connectivity index (χ3n) is 3.78. The summed E-state index contributed by atoms with van der Waals surface area (Å²) >= 11 is 1.42. The zero-order chi connectivity index (χ0) is 16.1. The van der Waals surface area contributed by atoms with Gasteiger partial charge in [-0.15, -0.1) is 11.3 Å². The number of methoxy groups -OCH3 is 1. The molecule has 6 heteroatoms. The number of nitrogens with zero attached hydrogens (tertiary/aromatic N) is 2. The Balaban J connectivity index is 1.50. The molecule has 1 aliphatic heterocycles. The Kier molecular flexibility index (Phi) is 5.38. The number of carbonyl (C=O) groups excluding carboxylic acids is 1. The molecule has 0 unspecified atom stereocenters. The Labute approximate surface area is 139 Å². The van der Waals surface area contributed by atoms with Crippen LogP contribution < -0.4 is 0 Å². The van der Waals surface area contributed by atoms with Gasteiger partial charge in [0.2, 0.25) is 0 Å². The summed E-state index contributed by atoms with van der Waals surface area (Å²) < 4.78 is 10.6. The molecule has 0 saturated carbocycles. The highest BCUT2D eigenvalue weighted by Crippen LogP contribution is 2.18. The van der Waals surface area contributed by atoms with Gasteiger partial charge in [-0.2, -0.15) is 0 Å². The molecule has 3 rings (SSSR count). The monoisotopic (exact) mass is 332 g/mol. The van der Waals surface area contributed by atoms with Gasteiger partial charge in [0.1, 0.15) is 11.1 Å². The highest BCUT2D eigenvalue weighted by atomic mass is 32.1. The number of hydrogen-bond donors (Lipinski definition) is 0. The van der Waals surface area contributed by atoms with E-state index in [0.29, 0.717) is 12.3 Å². The van der Waals surface area contributed by atoms with Crippen LogP contribution in [0.5, 0.6) is 0 Å². The van der Waals surface area contributed by atoms with Crippen molar-refractivity contribution in [3.05, 3.63) is 52.0 Å². The standard InChI is InChI=1S/C17H20N2O3S/c1-21-11-16-18-15(12-23-16)17(20)22-14-7-8-19(10-14)9-13-5-3-2-4-6-13/h2-6,12,14H,7-11H2,1H3/t14-/m1/s1. The van der Waals surface area contributed by atoms with Crippen LogP contribution in [0.1, 0.15) is 27.5 Å². The van der Waals surface area contributed by atoms with Crippen LogP contribution in [0.4, 0.5) is 0 Å². The number of rotatable bonds is 6. The summed E-state index contributed by atoms with van der Waals surface area (Å²) in [5.41, 5.74) is 1.66. The molecule has 1 atom stereocenters. The Hall–Kier alpha value is -1.76. The summed E-state index contributed by atoms with van der Waals surface area (Å²) in [5.74, 6) is -0.338. The zero-order valence-corrected chi connectivity index (χ0v) is 13.9. The topological polar surface area (TPSA) is 51.7 Å². The average Bonchev–Trinajstić information content (AvgIpc) is 3.18. The zero-order valence-electron chi connectivity index (χ0n) is 13.1. The van der Waals surface area contributed by atoms with E-state index in [1.165, 1.54) is 16.9 Å². The molecule has 1 aliphatic rings. The SMILES string of the molecule is COCc1nc(C(=O)O[C@@H]2CCN(Cc3ccccc3)C2)cs1. The van der Waals surface area contributed by atoms with Crippen molar-refractivity contribution in [2.75, 3.05) is 20.2 Å². The van der Waals surface area contributed by atoms with E-state index in [0.717, 1.165) is 31.1 Å². The van der Waals surface area contributed by atoms with Crippen molar-refractivity contribution < 1.29 is 14.3 Å². The van der Waals surface area contributed by atoms with Crippen molar-refractivity contribution in [3.8, 4) is 0 Å². The molecule has 1 aromatic heterocycles. The molecule has 0 amide bonds. The lowest BCUT2D eigenvalue weighted by atomic mass is 10.2. The molecule has 0 N–H and O–H groups in total. The van der Waals surface area contributed by atoms with E-state index >= 15 is 0 Å². The Bertz CT molecular complexity index is 644. The van der Waals surface area contributed by atoms with Gasteiger partial charge >= 0.3 is 5.97 Å². The van der Waals surface area contributed by atoms with Crippen LogP contribution in [0.15, 0.2) is 35.7 Å². The van der Waals surface area contributed by atoms with Crippen molar-refractivity contribution in [1.29, 1.82) is 0 Å². The minimum absolute atomic E-state index is 0.0567. The largest absolute Gasteiger partial charge is 0.456 e. The molecule has 5 nitrogen and oxygen atoms in total. The molecule has 2 aromatic rings. The van der Waals surface area contributed by atoms with E-state index in [4.69, 9.17) is 9.47 Å². The second-order valence-electron chi connectivity index (χ2n) is 5.60. The average molecular weight is 332 g/mol. The van der Waals surface area contributed by atoms with E-state index in [2.05, 4.69) is 22.0 Å². The van der Waals surface area contributed by atoms with Gasteiger partial charge in [-0.3, -0.25) is 4.90 Å². The lowest BCUT2D eigenvalue weighted by Gasteiger charge is -2.16. The quantitative estimate of drug-likeness (QED) is 0.761. The fraction of sp³-hybridized carbons (Fsp3) is 0.412. The van der Waals surface area contributed by atoms with Gasteiger partial charge in [-0.25, -0.2) is 9.78 Å². The van der Waals surface area contributed by atoms with E-state index in [9.17, 15) is 4.79 Å². The van der Waals surface area contributed by atoms with Gasteiger partial charge in [0.25, 0.3) is 0 Å². The van der Waals surface area contributed by atoms with E-state index in [1.54, 1.807) is 12.5 Å². The minimum Gasteiger partial charge on any atom is -0.456 e. The number of ether oxygens (including phenoxy) is 2. The number of hydrogen-bond acceptors (Lipinski definition) is 6.